The SMILES string of the molecule is Cc1ccc(C2(c3ccc(O)c(C)c3)CCC(Cc3ccc(CC4CCC(c5ccc(O)c(C)c5)(c5ccc(O)c(C)c5)CC4)cc3)CC2)cc1C. The van der Waals surface area contributed by atoms with Crippen molar-refractivity contribution < 1.29 is 15.3 Å². The molecule has 2 saturated carbocycles. The molecule has 3 nitrogen and oxygen atoms in total. The van der Waals surface area contributed by atoms with E-state index >= 15 is 0 Å². The minimum Gasteiger partial charge on any atom is -0.508 e. The van der Waals surface area contributed by atoms with Crippen LogP contribution in [0.3, 0.4) is 0 Å². The first kappa shape index (κ1) is 35.9. The second kappa shape index (κ2) is 14.5. The van der Waals surface area contributed by atoms with Gasteiger partial charge in [-0.25, -0.2) is 0 Å². The van der Waals surface area contributed by atoms with E-state index in [0.29, 0.717) is 29.1 Å². The molecule has 0 bridgehead atoms. The lowest BCUT2D eigenvalue weighted by molar-refractivity contribution is 0.263. The highest BCUT2D eigenvalue weighted by atomic mass is 16.3. The van der Waals surface area contributed by atoms with E-state index in [1.165, 1.54) is 57.3 Å². The number of rotatable bonds is 8. The van der Waals surface area contributed by atoms with Crippen LogP contribution in [0, 0.1) is 46.5 Å². The van der Waals surface area contributed by atoms with E-state index in [4.69, 9.17) is 0 Å². The standard InChI is InChI=1S/C49H56O3/c1-32-6-11-41(26-33(32)2)48(42-12-15-45(50)34(3)27-42)22-18-39(19-23-48)30-37-7-9-38(10-8-37)31-40-20-24-49(25-21-40,43-13-16-46(51)35(4)28-43)44-14-17-47(52)36(5)29-44/h6-17,26-29,39-40,50-52H,18-25,30-31H2,1-5H3. The zero-order valence-electron chi connectivity index (χ0n) is 31.8. The fourth-order valence-electron chi connectivity index (χ4n) is 9.61. The average molecular weight is 693 g/mol. The Balaban J connectivity index is 1.01. The van der Waals surface area contributed by atoms with Gasteiger partial charge in [0.05, 0.1) is 0 Å². The third-order valence-electron chi connectivity index (χ3n) is 13.3. The number of hydrogen-bond donors (Lipinski definition) is 3. The third-order valence-corrected chi connectivity index (χ3v) is 13.3. The molecule has 5 aromatic rings. The molecule has 2 aliphatic carbocycles. The van der Waals surface area contributed by atoms with Crippen LogP contribution in [0.25, 0.3) is 0 Å². The van der Waals surface area contributed by atoms with Crippen molar-refractivity contribution in [1.82, 2.24) is 0 Å². The summed E-state index contributed by atoms with van der Waals surface area (Å²) in [6.45, 7) is 10.4. The van der Waals surface area contributed by atoms with Crippen LogP contribution in [0.5, 0.6) is 17.2 Å². The Kier molecular flexibility index (Phi) is 10.0. The first-order chi connectivity index (χ1) is 25.0. The maximum atomic E-state index is 10.3. The Hall–Kier alpha value is -4.50. The molecule has 0 unspecified atom stereocenters. The van der Waals surface area contributed by atoms with Crippen molar-refractivity contribution in [3.8, 4) is 17.2 Å². The van der Waals surface area contributed by atoms with Crippen molar-refractivity contribution in [3.05, 3.63) is 158 Å². The van der Waals surface area contributed by atoms with E-state index in [9.17, 15) is 15.3 Å². The van der Waals surface area contributed by atoms with Gasteiger partial charge in [0.1, 0.15) is 17.2 Å². The van der Waals surface area contributed by atoms with Crippen LogP contribution in [-0.2, 0) is 23.7 Å². The molecule has 0 aromatic heterocycles. The van der Waals surface area contributed by atoms with Crippen molar-refractivity contribution in [1.29, 1.82) is 0 Å². The molecule has 2 fully saturated rings. The Morgan fingerprint density at radius 3 is 1.02 bits per heavy atom. The highest BCUT2D eigenvalue weighted by molar-refractivity contribution is 5.49. The molecule has 0 saturated heterocycles. The van der Waals surface area contributed by atoms with Gasteiger partial charge in [0.25, 0.3) is 0 Å². The van der Waals surface area contributed by atoms with Crippen molar-refractivity contribution in [2.75, 3.05) is 0 Å². The maximum absolute atomic E-state index is 10.3. The maximum Gasteiger partial charge on any atom is 0.118 e. The van der Waals surface area contributed by atoms with E-state index < -0.39 is 0 Å². The summed E-state index contributed by atoms with van der Waals surface area (Å²) in [5.41, 5.74) is 13.5. The van der Waals surface area contributed by atoms with Crippen molar-refractivity contribution in [2.24, 2.45) is 11.8 Å². The summed E-state index contributed by atoms with van der Waals surface area (Å²) in [6, 6.07) is 35.1. The van der Waals surface area contributed by atoms with Gasteiger partial charge in [0, 0.05) is 10.8 Å². The van der Waals surface area contributed by atoms with Gasteiger partial charge in [-0.05, 0) is 190 Å². The molecule has 3 heteroatoms. The fraction of sp³-hybridized carbons (Fsp3) is 0.388. The van der Waals surface area contributed by atoms with E-state index in [2.05, 4.69) is 92.7 Å². The van der Waals surface area contributed by atoms with Gasteiger partial charge in [-0.15, -0.1) is 0 Å². The molecule has 3 N–H and O–H groups in total. The van der Waals surface area contributed by atoms with Gasteiger partial charge in [-0.2, -0.15) is 0 Å². The van der Waals surface area contributed by atoms with E-state index in [-0.39, 0.29) is 10.8 Å². The first-order valence-electron chi connectivity index (χ1n) is 19.5. The number of hydrogen-bond acceptors (Lipinski definition) is 3. The highest BCUT2D eigenvalue weighted by Crippen LogP contribution is 2.50. The Morgan fingerprint density at radius 1 is 0.404 bits per heavy atom. The number of aromatic hydroxyl groups is 3. The van der Waals surface area contributed by atoms with E-state index in [1.54, 1.807) is 0 Å². The molecule has 0 atom stereocenters. The van der Waals surface area contributed by atoms with E-state index in [1.807, 2.05) is 39.0 Å². The number of phenolic OH excluding ortho intramolecular Hbond substituents is 3. The predicted molar refractivity (Wildman–Crippen MR) is 214 cm³/mol. The summed E-state index contributed by atoms with van der Waals surface area (Å²) >= 11 is 0. The van der Waals surface area contributed by atoms with Crippen LogP contribution >= 0.6 is 0 Å². The first-order valence-corrected chi connectivity index (χ1v) is 19.5. The summed E-state index contributed by atoms with van der Waals surface area (Å²) in [4.78, 5) is 0. The van der Waals surface area contributed by atoms with Gasteiger partial charge >= 0.3 is 0 Å². The second-order valence-electron chi connectivity index (χ2n) is 16.6. The lowest BCUT2D eigenvalue weighted by Crippen LogP contribution is -2.34. The van der Waals surface area contributed by atoms with E-state index in [0.717, 1.165) is 68.1 Å². The lowest BCUT2D eigenvalue weighted by Gasteiger charge is -2.42. The zero-order valence-corrected chi connectivity index (χ0v) is 31.8. The molecule has 0 aliphatic heterocycles. The summed E-state index contributed by atoms with van der Waals surface area (Å²) in [5.74, 6) is 2.37. The second-order valence-corrected chi connectivity index (χ2v) is 16.6. The number of aryl methyl sites for hydroxylation is 5. The summed E-state index contributed by atoms with van der Waals surface area (Å²) in [6.07, 6.45) is 11.3. The van der Waals surface area contributed by atoms with Crippen molar-refractivity contribution >= 4 is 0 Å². The molecule has 270 valence electrons. The van der Waals surface area contributed by atoms with Crippen LogP contribution in [0.4, 0.5) is 0 Å². The number of benzene rings is 5. The largest absolute Gasteiger partial charge is 0.508 e. The number of phenols is 3. The van der Waals surface area contributed by atoms with Crippen molar-refractivity contribution in [3.63, 3.8) is 0 Å². The normalized spacial score (nSPS) is 20.5. The predicted octanol–water partition coefficient (Wildman–Crippen LogP) is 11.8. The molecule has 5 aromatic carbocycles. The highest BCUT2D eigenvalue weighted by Gasteiger charge is 2.40. The van der Waals surface area contributed by atoms with Crippen LogP contribution in [0.1, 0.15) is 113 Å². The molecular weight excluding hydrogens is 637 g/mol. The molecular formula is C49H56O3. The zero-order chi connectivity index (χ0) is 36.6. The monoisotopic (exact) mass is 692 g/mol. The quantitative estimate of drug-likeness (QED) is 0.152. The van der Waals surface area contributed by atoms with Crippen LogP contribution in [0.2, 0.25) is 0 Å². The minimum atomic E-state index is -0.117. The third kappa shape index (κ3) is 6.99. The Labute approximate surface area is 311 Å². The molecule has 0 heterocycles. The smallest absolute Gasteiger partial charge is 0.118 e. The summed E-state index contributed by atoms with van der Waals surface area (Å²) in [7, 11) is 0. The molecule has 7 rings (SSSR count). The minimum absolute atomic E-state index is 0.0168. The van der Waals surface area contributed by atoms with Crippen molar-refractivity contribution in [2.45, 2.75) is 110 Å². The van der Waals surface area contributed by atoms with Gasteiger partial charge < -0.3 is 15.3 Å². The molecule has 2 aliphatic rings. The van der Waals surface area contributed by atoms with Gasteiger partial charge in [-0.3, -0.25) is 0 Å². The van der Waals surface area contributed by atoms with Gasteiger partial charge in [0.2, 0.25) is 0 Å². The lowest BCUT2D eigenvalue weighted by atomic mass is 9.62. The molecule has 52 heavy (non-hydrogen) atoms. The molecule has 0 amide bonds. The average Bonchev–Trinajstić information content (AvgIpc) is 3.14. The molecule has 0 spiro atoms. The summed E-state index contributed by atoms with van der Waals surface area (Å²) in [5, 5.41) is 30.9. The van der Waals surface area contributed by atoms with Crippen LogP contribution in [0.15, 0.2) is 97.1 Å². The Morgan fingerprint density at radius 2 is 0.712 bits per heavy atom. The molecule has 0 radical (unpaired) electrons. The van der Waals surface area contributed by atoms with Gasteiger partial charge in [-0.1, -0.05) is 78.9 Å². The Bertz CT molecular complexity index is 1780. The van der Waals surface area contributed by atoms with Gasteiger partial charge in [0.15, 0.2) is 0 Å². The fourth-order valence-corrected chi connectivity index (χ4v) is 9.61. The topological polar surface area (TPSA) is 60.7 Å². The van der Waals surface area contributed by atoms with Crippen LogP contribution in [-0.4, -0.2) is 15.3 Å². The summed E-state index contributed by atoms with van der Waals surface area (Å²) < 4.78 is 0. The van der Waals surface area contributed by atoms with Crippen LogP contribution < -0.4 is 0 Å².